The first-order valence-corrected chi connectivity index (χ1v) is 13.9. The van der Waals surface area contributed by atoms with Gasteiger partial charge in [0.05, 0.1) is 12.2 Å². The van der Waals surface area contributed by atoms with Gasteiger partial charge in [0, 0.05) is 43.8 Å². The summed E-state index contributed by atoms with van der Waals surface area (Å²) in [5.74, 6) is 0.958. The van der Waals surface area contributed by atoms with Crippen molar-refractivity contribution in [2.75, 3.05) is 13.2 Å². The molecule has 2 aromatic heterocycles. The van der Waals surface area contributed by atoms with Crippen molar-refractivity contribution in [3.8, 4) is 17.2 Å². The summed E-state index contributed by atoms with van der Waals surface area (Å²) in [7, 11) is 0. The minimum Gasteiger partial charge on any atom is -0.486 e. The van der Waals surface area contributed by atoms with Gasteiger partial charge >= 0.3 is 0 Å². The number of fused-ring (bicyclic) bond motifs is 4. The van der Waals surface area contributed by atoms with Gasteiger partial charge in [-0.2, -0.15) is 0 Å². The van der Waals surface area contributed by atoms with E-state index >= 15 is 0 Å². The van der Waals surface area contributed by atoms with Gasteiger partial charge in [-0.05, 0) is 50.2 Å². The maximum Gasteiger partial charge on any atom is 0.257 e. The van der Waals surface area contributed by atoms with Crippen LogP contribution in [0, 0.1) is 13.8 Å². The van der Waals surface area contributed by atoms with E-state index in [1.54, 1.807) is 29.2 Å². The van der Waals surface area contributed by atoms with Gasteiger partial charge in [-0.15, -0.1) is 23.1 Å². The number of carbonyl (C=O) groups excluding carboxylic acids is 1. The van der Waals surface area contributed by atoms with Crippen LogP contribution in [0.4, 0.5) is 0 Å². The maximum absolute atomic E-state index is 13.6. The topological polar surface area (TPSA) is 69.6 Å². The van der Waals surface area contributed by atoms with Gasteiger partial charge in [0.1, 0.15) is 18.3 Å². The Balaban J connectivity index is 1.35. The van der Waals surface area contributed by atoms with E-state index in [-0.39, 0.29) is 34.8 Å². The van der Waals surface area contributed by atoms with E-state index in [0.717, 1.165) is 22.0 Å². The van der Waals surface area contributed by atoms with Crippen molar-refractivity contribution in [3.63, 3.8) is 0 Å². The predicted octanol–water partition coefficient (Wildman–Crippen LogP) is 5.48. The highest BCUT2D eigenvalue weighted by Crippen LogP contribution is 2.46. The molecular formula is C29H26N2O4S2. The summed E-state index contributed by atoms with van der Waals surface area (Å²) in [6.45, 7) is 4.58. The Hall–Kier alpha value is -3.49. The number of ether oxygens (including phenoxy) is 2. The molecule has 188 valence electrons. The third-order valence-corrected chi connectivity index (χ3v) is 9.18. The lowest BCUT2D eigenvalue weighted by atomic mass is 10.0. The van der Waals surface area contributed by atoms with Crippen molar-refractivity contribution in [1.29, 1.82) is 0 Å². The van der Waals surface area contributed by atoms with Gasteiger partial charge < -0.3 is 19.4 Å². The van der Waals surface area contributed by atoms with Crippen LogP contribution in [0.15, 0.2) is 76.4 Å². The van der Waals surface area contributed by atoms with Crippen LogP contribution in [0.5, 0.6) is 11.5 Å². The Labute approximate surface area is 223 Å². The van der Waals surface area contributed by atoms with Crippen LogP contribution in [0.2, 0.25) is 0 Å². The lowest BCUT2D eigenvalue weighted by Gasteiger charge is -2.26. The number of carbonyl (C=O) groups is 1. The van der Waals surface area contributed by atoms with Gasteiger partial charge in [-0.3, -0.25) is 9.59 Å². The first-order chi connectivity index (χ1) is 18.0. The van der Waals surface area contributed by atoms with Gasteiger partial charge in [-0.1, -0.05) is 24.3 Å². The van der Waals surface area contributed by atoms with Crippen molar-refractivity contribution in [2.45, 2.75) is 36.5 Å². The zero-order valence-corrected chi connectivity index (χ0v) is 22.2. The van der Waals surface area contributed by atoms with E-state index in [4.69, 9.17) is 9.47 Å². The fraction of sp³-hybridized carbons (Fsp3) is 0.241. The molecule has 2 atom stereocenters. The van der Waals surface area contributed by atoms with Crippen LogP contribution in [-0.2, 0) is 6.42 Å². The van der Waals surface area contributed by atoms with Gasteiger partial charge in [-0.25, -0.2) is 0 Å². The molecule has 37 heavy (non-hydrogen) atoms. The number of thiophene rings is 1. The lowest BCUT2D eigenvalue weighted by Crippen LogP contribution is -2.42. The molecule has 8 heteroatoms. The number of nitrogens with zero attached hydrogens (tertiary/aromatic N) is 1. The summed E-state index contributed by atoms with van der Waals surface area (Å²) >= 11 is 3.54. The van der Waals surface area contributed by atoms with Crippen molar-refractivity contribution in [1.82, 2.24) is 9.88 Å². The highest BCUT2D eigenvalue weighted by atomic mass is 32.2. The van der Waals surface area contributed by atoms with Crippen LogP contribution in [0.3, 0.4) is 0 Å². The fourth-order valence-corrected chi connectivity index (χ4v) is 7.25. The Morgan fingerprint density at radius 2 is 1.84 bits per heavy atom. The standard InChI is InChI=1S/C29H26N2O4S2/c1-17-13-22(32)28(29(33)30-15-19-16-34-23-8-4-5-9-24(23)35-19)21-14-27(26-12-11-18(2)36-26)37-25-10-6-3-7-20(25)31(17)21/h3-13,19,27H,14-16H2,1-2H3,(H,30,33)/t19-,27+/m0/s1. The largest absolute Gasteiger partial charge is 0.486 e. The summed E-state index contributed by atoms with van der Waals surface area (Å²) in [5.41, 5.74) is 2.47. The summed E-state index contributed by atoms with van der Waals surface area (Å²) in [6.07, 6.45) is 0.221. The molecule has 6 rings (SSSR count). The molecule has 4 aromatic rings. The smallest absolute Gasteiger partial charge is 0.257 e. The second kappa shape index (κ2) is 9.76. The van der Waals surface area contributed by atoms with E-state index in [0.29, 0.717) is 24.5 Å². The molecule has 0 radical (unpaired) electrons. The molecule has 1 N–H and O–H groups in total. The number of amides is 1. The monoisotopic (exact) mass is 530 g/mol. The van der Waals surface area contributed by atoms with Crippen molar-refractivity contribution in [2.24, 2.45) is 0 Å². The fourth-order valence-electron chi connectivity index (χ4n) is 4.92. The minimum atomic E-state index is -0.387. The van der Waals surface area contributed by atoms with Crippen molar-refractivity contribution >= 4 is 29.0 Å². The summed E-state index contributed by atoms with van der Waals surface area (Å²) in [6, 6.07) is 21.5. The van der Waals surface area contributed by atoms with Crippen LogP contribution in [0.25, 0.3) is 5.69 Å². The number of hydrogen-bond donors (Lipinski definition) is 1. The zero-order chi connectivity index (χ0) is 25.5. The first-order valence-electron chi connectivity index (χ1n) is 12.2. The molecule has 0 unspecified atom stereocenters. The number of benzene rings is 2. The third kappa shape index (κ3) is 4.55. The van der Waals surface area contributed by atoms with Gasteiger partial charge in [0.25, 0.3) is 5.91 Å². The van der Waals surface area contributed by atoms with E-state index in [1.807, 2.05) is 43.3 Å². The highest BCUT2D eigenvalue weighted by molar-refractivity contribution is 7.99. The van der Waals surface area contributed by atoms with Crippen LogP contribution >= 0.6 is 23.1 Å². The van der Waals surface area contributed by atoms with Gasteiger partial charge in [0.15, 0.2) is 16.9 Å². The van der Waals surface area contributed by atoms with Crippen LogP contribution in [-0.4, -0.2) is 29.7 Å². The van der Waals surface area contributed by atoms with E-state index in [1.165, 1.54) is 9.75 Å². The number of nitrogens with one attached hydrogen (secondary N) is 1. The van der Waals surface area contributed by atoms with E-state index in [9.17, 15) is 9.59 Å². The predicted molar refractivity (Wildman–Crippen MR) is 147 cm³/mol. The number of hydrogen-bond acceptors (Lipinski definition) is 6. The Kier molecular flexibility index (Phi) is 6.30. The molecular weight excluding hydrogens is 504 g/mol. The molecule has 0 saturated carbocycles. The number of rotatable bonds is 4. The molecule has 1 amide bonds. The number of para-hydroxylation sites is 3. The Morgan fingerprint density at radius 1 is 1.05 bits per heavy atom. The lowest BCUT2D eigenvalue weighted by molar-refractivity contribution is 0.0787. The first kappa shape index (κ1) is 23.9. The molecule has 0 saturated heterocycles. The van der Waals surface area contributed by atoms with E-state index < -0.39 is 0 Å². The summed E-state index contributed by atoms with van der Waals surface area (Å²) in [4.78, 5) is 30.5. The molecule has 0 aliphatic carbocycles. The van der Waals surface area contributed by atoms with Crippen molar-refractivity contribution < 1.29 is 14.3 Å². The summed E-state index contributed by atoms with van der Waals surface area (Å²) < 4.78 is 13.9. The molecule has 0 fully saturated rings. The van der Waals surface area contributed by atoms with Crippen LogP contribution < -0.4 is 20.2 Å². The molecule has 2 aromatic carbocycles. The van der Waals surface area contributed by atoms with Gasteiger partial charge in [0.2, 0.25) is 0 Å². The maximum atomic E-state index is 13.6. The summed E-state index contributed by atoms with van der Waals surface area (Å²) in [5, 5.41) is 3.04. The second-order valence-electron chi connectivity index (χ2n) is 9.24. The Bertz CT molecular complexity index is 1560. The average molecular weight is 531 g/mol. The highest BCUT2D eigenvalue weighted by Gasteiger charge is 2.30. The average Bonchev–Trinajstić information content (AvgIpc) is 3.25. The zero-order valence-electron chi connectivity index (χ0n) is 20.5. The quantitative estimate of drug-likeness (QED) is 0.379. The normalized spacial score (nSPS) is 17.9. The number of aromatic nitrogens is 1. The third-order valence-electron chi connectivity index (χ3n) is 6.62. The van der Waals surface area contributed by atoms with Crippen molar-refractivity contribution in [3.05, 3.63) is 104 Å². The number of pyridine rings is 1. The van der Waals surface area contributed by atoms with Crippen LogP contribution in [0.1, 0.15) is 36.8 Å². The number of aryl methyl sites for hydroxylation is 2. The second-order valence-corrected chi connectivity index (χ2v) is 11.8. The Morgan fingerprint density at radius 3 is 2.65 bits per heavy atom. The molecule has 4 heterocycles. The molecule has 0 spiro atoms. The number of thioether (sulfide) groups is 1. The SMILES string of the molecule is Cc1ccc([C@H]2Cc3c(C(=O)NC[C@H]4COc5ccccc5O4)c(=O)cc(C)n3-c3ccccc3S2)s1. The molecule has 2 aliphatic rings. The molecule has 6 nitrogen and oxygen atoms in total. The molecule has 0 bridgehead atoms. The molecule has 2 aliphatic heterocycles. The van der Waals surface area contributed by atoms with E-state index in [2.05, 4.69) is 41.1 Å². The minimum absolute atomic E-state index is 0.0907.